The second kappa shape index (κ2) is 5.87. The monoisotopic (exact) mass is 254 g/mol. The Morgan fingerprint density at radius 1 is 1.05 bits per heavy atom. The Bertz CT molecular complexity index is 600. The van der Waals surface area contributed by atoms with Gasteiger partial charge in [0.2, 0.25) is 0 Å². The van der Waals surface area contributed by atoms with Crippen LogP contribution in [0.25, 0.3) is 16.7 Å². The molecule has 0 amide bonds. The van der Waals surface area contributed by atoms with Crippen LogP contribution >= 0.6 is 0 Å². The second-order valence-corrected chi connectivity index (χ2v) is 3.98. The standard InChI is InChI=1S/C16H14O3/c1-19-11-15(16(17)18)14-10-6-5-9-13(14)12-7-3-2-4-8-12/h2-11H,1H3,(H,17,18)/b15-11+. The topological polar surface area (TPSA) is 46.5 Å². The van der Waals surface area contributed by atoms with Gasteiger partial charge in [0.05, 0.1) is 13.4 Å². The predicted octanol–water partition coefficient (Wildman–Crippen LogP) is 3.43. The number of benzene rings is 2. The maximum atomic E-state index is 11.3. The first-order chi connectivity index (χ1) is 9.24. The van der Waals surface area contributed by atoms with Gasteiger partial charge in [-0.2, -0.15) is 0 Å². The number of carboxylic acids is 1. The van der Waals surface area contributed by atoms with Crippen molar-refractivity contribution < 1.29 is 14.6 Å². The Balaban J connectivity index is 2.59. The molecule has 0 heterocycles. The van der Waals surface area contributed by atoms with Gasteiger partial charge in [-0.05, 0) is 16.7 Å². The Morgan fingerprint density at radius 2 is 1.68 bits per heavy atom. The van der Waals surface area contributed by atoms with Crippen molar-refractivity contribution in [2.45, 2.75) is 0 Å². The lowest BCUT2D eigenvalue weighted by Gasteiger charge is -2.10. The molecule has 2 aromatic carbocycles. The molecule has 1 N–H and O–H groups in total. The van der Waals surface area contributed by atoms with Crippen molar-refractivity contribution in [1.29, 1.82) is 0 Å². The van der Waals surface area contributed by atoms with Gasteiger partial charge in [0.15, 0.2) is 0 Å². The maximum Gasteiger partial charge on any atom is 0.339 e. The Kier molecular flexibility index (Phi) is 3.98. The van der Waals surface area contributed by atoms with E-state index in [9.17, 15) is 9.90 Å². The normalized spacial score (nSPS) is 11.1. The molecule has 3 heteroatoms. The number of carbonyl (C=O) groups is 1. The largest absolute Gasteiger partial charge is 0.503 e. The lowest BCUT2D eigenvalue weighted by molar-refractivity contribution is -0.130. The molecule has 0 fully saturated rings. The van der Waals surface area contributed by atoms with Crippen LogP contribution in [0, 0.1) is 0 Å². The van der Waals surface area contributed by atoms with Gasteiger partial charge < -0.3 is 9.84 Å². The summed E-state index contributed by atoms with van der Waals surface area (Å²) in [6.45, 7) is 0. The fraction of sp³-hybridized carbons (Fsp3) is 0.0625. The zero-order valence-electron chi connectivity index (χ0n) is 10.5. The smallest absolute Gasteiger partial charge is 0.339 e. The van der Waals surface area contributed by atoms with E-state index in [1.54, 1.807) is 6.07 Å². The van der Waals surface area contributed by atoms with Gasteiger partial charge in [-0.1, -0.05) is 54.6 Å². The molecule has 19 heavy (non-hydrogen) atoms. The van der Waals surface area contributed by atoms with E-state index in [-0.39, 0.29) is 5.57 Å². The molecule has 0 aliphatic carbocycles. The molecular formula is C16H14O3. The highest BCUT2D eigenvalue weighted by molar-refractivity contribution is 6.17. The van der Waals surface area contributed by atoms with E-state index >= 15 is 0 Å². The third-order valence-corrected chi connectivity index (χ3v) is 2.77. The van der Waals surface area contributed by atoms with Crippen molar-refractivity contribution in [1.82, 2.24) is 0 Å². The average Bonchev–Trinajstić information content (AvgIpc) is 2.45. The second-order valence-electron chi connectivity index (χ2n) is 3.98. The zero-order valence-corrected chi connectivity index (χ0v) is 10.5. The van der Waals surface area contributed by atoms with E-state index in [2.05, 4.69) is 0 Å². The molecule has 0 aliphatic heterocycles. The quantitative estimate of drug-likeness (QED) is 0.671. The summed E-state index contributed by atoms with van der Waals surface area (Å²) in [5.41, 5.74) is 2.63. The van der Waals surface area contributed by atoms with Crippen LogP contribution in [0.15, 0.2) is 60.9 Å². The highest BCUT2D eigenvalue weighted by atomic mass is 16.5. The van der Waals surface area contributed by atoms with Gasteiger partial charge in [-0.25, -0.2) is 4.79 Å². The summed E-state index contributed by atoms with van der Waals surface area (Å²) in [6, 6.07) is 17.1. The van der Waals surface area contributed by atoms with Crippen LogP contribution in [0.1, 0.15) is 5.56 Å². The summed E-state index contributed by atoms with van der Waals surface area (Å²) in [4.78, 5) is 11.3. The Morgan fingerprint density at radius 3 is 2.32 bits per heavy atom. The first kappa shape index (κ1) is 12.9. The number of aliphatic carboxylic acids is 1. The van der Waals surface area contributed by atoms with Crippen LogP contribution in [-0.4, -0.2) is 18.2 Å². The SMILES string of the molecule is CO/C=C(/C(=O)O)c1ccccc1-c1ccccc1. The number of rotatable bonds is 4. The summed E-state index contributed by atoms with van der Waals surface area (Å²) >= 11 is 0. The van der Waals surface area contributed by atoms with E-state index in [0.29, 0.717) is 5.56 Å². The number of methoxy groups -OCH3 is 1. The number of hydrogen-bond acceptors (Lipinski definition) is 2. The summed E-state index contributed by atoms with van der Waals surface area (Å²) in [6.07, 6.45) is 1.25. The van der Waals surface area contributed by atoms with Crippen molar-refractivity contribution in [3.8, 4) is 11.1 Å². The minimum absolute atomic E-state index is 0.141. The lowest BCUT2D eigenvalue weighted by Crippen LogP contribution is -2.02. The first-order valence-corrected chi connectivity index (χ1v) is 5.85. The zero-order chi connectivity index (χ0) is 13.7. The molecule has 0 atom stereocenters. The minimum atomic E-state index is -1.01. The number of hydrogen-bond donors (Lipinski definition) is 1. The third-order valence-electron chi connectivity index (χ3n) is 2.77. The predicted molar refractivity (Wildman–Crippen MR) is 74.5 cm³/mol. The molecule has 0 unspecified atom stereocenters. The van der Waals surface area contributed by atoms with Crippen LogP contribution in [0.3, 0.4) is 0 Å². The van der Waals surface area contributed by atoms with Crippen LogP contribution < -0.4 is 0 Å². The molecule has 2 aromatic rings. The average molecular weight is 254 g/mol. The van der Waals surface area contributed by atoms with Gasteiger partial charge >= 0.3 is 5.97 Å². The van der Waals surface area contributed by atoms with Crippen molar-refractivity contribution >= 4 is 11.5 Å². The molecule has 3 nitrogen and oxygen atoms in total. The van der Waals surface area contributed by atoms with Crippen LogP contribution in [-0.2, 0) is 9.53 Å². The molecular weight excluding hydrogens is 240 g/mol. The van der Waals surface area contributed by atoms with Crippen molar-refractivity contribution in [2.75, 3.05) is 7.11 Å². The summed E-state index contributed by atoms with van der Waals surface area (Å²) in [5.74, 6) is -1.01. The molecule has 0 aliphatic rings. The van der Waals surface area contributed by atoms with Crippen molar-refractivity contribution in [3.63, 3.8) is 0 Å². The molecule has 0 aromatic heterocycles. The highest BCUT2D eigenvalue weighted by Gasteiger charge is 2.15. The first-order valence-electron chi connectivity index (χ1n) is 5.85. The Labute approximate surface area is 111 Å². The van der Waals surface area contributed by atoms with Gasteiger partial charge in [-0.15, -0.1) is 0 Å². The van der Waals surface area contributed by atoms with E-state index < -0.39 is 5.97 Å². The molecule has 0 spiro atoms. The van der Waals surface area contributed by atoms with Crippen molar-refractivity contribution in [3.05, 3.63) is 66.4 Å². The van der Waals surface area contributed by atoms with E-state index in [4.69, 9.17) is 4.74 Å². The fourth-order valence-corrected chi connectivity index (χ4v) is 1.93. The van der Waals surface area contributed by atoms with Crippen molar-refractivity contribution in [2.24, 2.45) is 0 Å². The molecule has 0 saturated heterocycles. The van der Waals surface area contributed by atoms with Gasteiger partial charge in [-0.3, -0.25) is 0 Å². The molecule has 0 radical (unpaired) electrons. The summed E-state index contributed by atoms with van der Waals surface area (Å²) < 4.78 is 4.87. The van der Waals surface area contributed by atoms with Crippen LogP contribution in [0.5, 0.6) is 0 Å². The number of carboxylic acid groups (broad SMARTS) is 1. The van der Waals surface area contributed by atoms with Gasteiger partial charge in [0.1, 0.15) is 5.57 Å². The maximum absolute atomic E-state index is 11.3. The molecule has 0 saturated carbocycles. The van der Waals surface area contributed by atoms with Crippen LogP contribution in [0.2, 0.25) is 0 Å². The number of ether oxygens (including phenoxy) is 1. The molecule has 0 bridgehead atoms. The van der Waals surface area contributed by atoms with E-state index in [0.717, 1.165) is 11.1 Å². The van der Waals surface area contributed by atoms with E-state index in [1.165, 1.54) is 13.4 Å². The molecule has 96 valence electrons. The minimum Gasteiger partial charge on any atom is -0.503 e. The van der Waals surface area contributed by atoms with Crippen LogP contribution in [0.4, 0.5) is 0 Å². The molecule has 2 rings (SSSR count). The third kappa shape index (κ3) is 2.83. The fourth-order valence-electron chi connectivity index (χ4n) is 1.93. The van der Waals surface area contributed by atoms with Gasteiger partial charge in [0.25, 0.3) is 0 Å². The highest BCUT2D eigenvalue weighted by Crippen LogP contribution is 2.28. The Hall–Kier alpha value is -2.55. The summed E-state index contributed by atoms with van der Waals surface area (Å²) in [7, 11) is 1.44. The van der Waals surface area contributed by atoms with E-state index in [1.807, 2.05) is 48.5 Å². The van der Waals surface area contributed by atoms with Gasteiger partial charge in [0, 0.05) is 0 Å². The summed E-state index contributed by atoms with van der Waals surface area (Å²) in [5, 5.41) is 9.28. The lowest BCUT2D eigenvalue weighted by atomic mass is 9.95.